The van der Waals surface area contributed by atoms with Crippen molar-refractivity contribution in [3.8, 4) is 0 Å². The van der Waals surface area contributed by atoms with E-state index in [0.29, 0.717) is 5.95 Å². The van der Waals surface area contributed by atoms with E-state index in [1.54, 1.807) is 18.5 Å². The first-order valence-corrected chi connectivity index (χ1v) is 4.91. The van der Waals surface area contributed by atoms with Gasteiger partial charge in [0.15, 0.2) is 0 Å². The fourth-order valence-electron chi connectivity index (χ4n) is 0.935. The zero-order valence-corrected chi connectivity index (χ0v) is 8.46. The molecule has 0 aliphatic rings. The predicted molar refractivity (Wildman–Crippen MR) is 55.1 cm³/mol. The lowest BCUT2D eigenvalue weighted by Gasteiger charge is -2.06. The average Bonchev–Trinajstić information content (AvgIpc) is 2.19. The van der Waals surface area contributed by atoms with Crippen molar-refractivity contribution in [3.05, 3.63) is 18.5 Å². The van der Waals surface area contributed by atoms with Crippen molar-refractivity contribution in [2.45, 2.75) is 25.1 Å². The third-order valence-electron chi connectivity index (χ3n) is 1.75. The number of rotatable bonds is 5. The van der Waals surface area contributed by atoms with Crippen LogP contribution in [0.5, 0.6) is 0 Å². The molecule has 1 aromatic rings. The van der Waals surface area contributed by atoms with Crippen molar-refractivity contribution < 1.29 is 0 Å². The van der Waals surface area contributed by atoms with Gasteiger partial charge >= 0.3 is 0 Å². The number of nitrogens with zero attached hydrogens (tertiary/aromatic N) is 2. The Bertz CT molecular complexity index is 228. The van der Waals surface area contributed by atoms with E-state index in [4.69, 9.17) is 11.6 Å². The maximum Gasteiger partial charge on any atom is 0.222 e. The maximum atomic E-state index is 5.95. The fourth-order valence-corrected chi connectivity index (χ4v) is 1.04. The molecular weight excluding hydrogens is 186 g/mol. The molecule has 4 heteroatoms. The van der Waals surface area contributed by atoms with Crippen molar-refractivity contribution in [2.24, 2.45) is 0 Å². The summed E-state index contributed by atoms with van der Waals surface area (Å²) in [5, 5.41) is 3.35. The lowest BCUT2D eigenvalue weighted by atomic mass is 10.2. The van der Waals surface area contributed by atoms with Gasteiger partial charge in [-0.05, 0) is 18.9 Å². The summed E-state index contributed by atoms with van der Waals surface area (Å²) >= 11 is 5.95. The number of alkyl halides is 1. The minimum Gasteiger partial charge on any atom is -0.354 e. The zero-order chi connectivity index (χ0) is 9.52. The van der Waals surface area contributed by atoms with Gasteiger partial charge in [0.1, 0.15) is 0 Å². The van der Waals surface area contributed by atoms with Crippen molar-refractivity contribution in [1.29, 1.82) is 0 Å². The fraction of sp³-hybridized carbons (Fsp3) is 0.556. The number of hydrogen-bond donors (Lipinski definition) is 1. The molecule has 1 unspecified atom stereocenters. The monoisotopic (exact) mass is 199 g/mol. The van der Waals surface area contributed by atoms with Crippen molar-refractivity contribution in [3.63, 3.8) is 0 Å². The quantitative estimate of drug-likeness (QED) is 0.740. The van der Waals surface area contributed by atoms with Gasteiger partial charge in [-0.15, -0.1) is 11.6 Å². The summed E-state index contributed by atoms with van der Waals surface area (Å²) in [6, 6.07) is 1.79. The highest BCUT2D eigenvalue weighted by molar-refractivity contribution is 6.20. The molecule has 0 amide bonds. The molecule has 0 bridgehead atoms. The smallest absolute Gasteiger partial charge is 0.222 e. The molecule has 1 heterocycles. The molecule has 1 N–H and O–H groups in total. The highest BCUT2D eigenvalue weighted by atomic mass is 35.5. The summed E-state index contributed by atoms with van der Waals surface area (Å²) in [5.41, 5.74) is 0. The highest BCUT2D eigenvalue weighted by Crippen LogP contribution is 2.06. The van der Waals surface area contributed by atoms with Crippen molar-refractivity contribution in [2.75, 3.05) is 11.9 Å². The third kappa shape index (κ3) is 4.08. The van der Waals surface area contributed by atoms with Crippen LogP contribution < -0.4 is 5.32 Å². The molecule has 0 aliphatic heterocycles. The van der Waals surface area contributed by atoms with E-state index in [9.17, 15) is 0 Å². The lowest BCUT2D eigenvalue weighted by Crippen LogP contribution is -2.09. The van der Waals surface area contributed by atoms with Gasteiger partial charge in [-0.2, -0.15) is 0 Å². The van der Waals surface area contributed by atoms with E-state index in [-0.39, 0.29) is 5.38 Å². The van der Waals surface area contributed by atoms with E-state index in [1.807, 2.05) is 0 Å². The number of aromatic nitrogens is 2. The maximum absolute atomic E-state index is 5.95. The van der Waals surface area contributed by atoms with Crippen LogP contribution in [-0.4, -0.2) is 21.9 Å². The van der Waals surface area contributed by atoms with Gasteiger partial charge in [0.05, 0.1) is 0 Å². The Morgan fingerprint density at radius 1 is 1.46 bits per heavy atom. The summed E-state index contributed by atoms with van der Waals surface area (Å²) < 4.78 is 0. The molecule has 1 atom stereocenters. The molecule has 0 aliphatic carbocycles. The Labute approximate surface area is 83.5 Å². The minimum atomic E-state index is 0.246. The van der Waals surface area contributed by atoms with Gasteiger partial charge in [-0.25, -0.2) is 9.97 Å². The number of halogens is 1. The molecule has 0 saturated carbocycles. The van der Waals surface area contributed by atoms with E-state index >= 15 is 0 Å². The second-order valence-electron chi connectivity index (χ2n) is 2.79. The van der Waals surface area contributed by atoms with Crippen molar-refractivity contribution in [1.82, 2.24) is 9.97 Å². The number of nitrogens with one attached hydrogen (secondary N) is 1. The number of hydrogen-bond acceptors (Lipinski definition) is 3. The Morgan fingerprint density at radius 3 is 2.77 bits per heavy atom. The molecule has 1 aromatic heterocycles. The van der Waals surface area contributed by atoms with Crippen LogP contribution in [0.4, 0.5) is 5.95 Å². The van der Waals surface area contributed by atoms with Gasteiger partial charge in [-0.3, -0.25) is 0 Å². The summed E-state index contributed by atoms with van der Waals surface area (Å²) in [4.78, 5) is 8.07. The first-order valence-electron chi connectivity index (χ1n) is 4.48. The van der Waals surface area contributed by atoms with Crippen LogP contribution in [0, 0.1) is 0 Å². The zero-order valence-electron chi connectivity index (χ0n) is 7.70. The molecular formula is C9H14ClN3. The topological polar surface area (TPSA) is 37.8 Å². The highest BCUT2D eigenvalue weighted by Gasteiger charge is 2.00. The Hall–Kier alpha value is -0.830. The van der Waals surface area contributed by atoms with Crippen LogP contribution in [0.3, 0.4) is 0 Å². The van der Waals surface area contributed by atoms with Crippen LogP contribution in [0.1, 0.15) is 19.8 Å². The minimum absolute atomic E-state index is 0.246. The SMILES string of the molecule is CCC(Cl)CCNc1ncccn1. The molecule has 1 rings (SSSR count). The van der Waals surface area contributed by atoms with Gasteiger partial charge < -0.3 is 5.32 Å². The third-order valence-corrected chi connectivity index (χ3v) is 2.28. The summed E-state index contributed by atoms with van der Waals surface area (Å²) in [6.07, 6.45) is 5.37. The van der Waals surface area contributed by atoms with E-state index in [0.717, 1.165) is 19.4 Å². The molecule has 0 fully saturated rings. The average molecular weight is 200 g/mol. The molecule has 0 aromatic carbocycles. The molecule has 3 nitrogen and oxygen atoms in total. The predicted octanol–water partition coefficient (Wildman–Crippen LogP) is 2.30. The largest absolute Gasteiger partial charge is 0.354 e. The Balaban J connectivity index is 2.20. The Morgan fingerprint density at radius 2 is 2.15 bits per heavy atom. The van der Waals surface area contributed by atoms with Crippen LogP contribution >= 0.6 is 11.6 Å². The normalized spacial score (nSPS) is 12.5. The molecule has 0 spiro atoms. The second-order valence-corrected chi connectivity index (χ2v) is 3.41. The van der Waals surface area contributed by atoms with Crippen LogP contribution in [0.25, 0.3) is 0 Å². The van der Waals surface area contributed by atoms with E-state index < -0.39 is 0 Å². The molecule has 72 valence electrons. The van der Waals surface area contributed by atoms with Crippen molar-refractivity contribution >= 4 is 17.5 Å². The van der Waals surface area contributed by atoms with Crippen LogP contribution in [0.15, 0.2) is 18.5 Å². The van der Waals surface area contributed by atoms with E-state index in [1.165, 1.54) is 0 Å². The van der Waals surface area contributed by atoms with Gasteiger partial charge in [0.2, 0.25) is 5.95 Å². The second kappa shape index (κ2) is 5.75. The first kappa shape index (κ1) is 10.3. The summed E-state index contributed by atoms with van der Waals surface area (Å²) in [6.45, 7) is 2.91. The van der Waals surface area contributed by atoms with Crippen LogP contribution in [0.2, 0.25) is 0 Å². The first-order chi connectivity index (χ1) is 6.33. The molecule has 13 heavy (non-hydrogen) atoms. The van der Waals surface area contributed by atoms with Gasteiger partial charge in [0.25, 0.3) is 0 Å². The summed E-state index contributed by atoms with van der Waals surface area (Å²) in [7, 11) is 0. The standard InChI is InChI=1S/C9H14ClN3/c1-2-8(10)4-7-13-9-11-5-3-6-12-9/h3,5-6,8H,2,4,7H2,1H3,(H,11,12,13). The summed E-state index contributed by atoms with van der Waals surface area (Å²) in [5.74, 6) is 0.669. The molecule has 0 radical (unpaired) electrons. The molecule has 0 saturated heterocycles. The van der Waals surface area contributed by atoms with E-state index in [2.05, 4.69) is 22.2 Å². The number of anilines is 1. The van der Waals surface area contributed by atoms with Gasteiger partial charge in [-0.1, -0.05) is 6.92 Å². The van der Waals surface area contributed by atoms with Gasteiger partial charge in [0, 0.05) is 24.3 Å². The Kier molecular flexibility index (Phi) is 4.54. The lowest BCUT2D eigenvalue weighted by molar-refractivity contribution is 0.750. The van der Waals surface area contributed by atoms with Crippen LogP contribution in [-0.2, 0) is 0 Å².